The topological polar surface area (TPSA) is 52.0 Å². The van der Waals surface area contributed by atoms with E-state index < -0.39 is 0 Å². The number of fused-ring (bicyclic) bond motifs is 1. The maximum absolute atomic E-state index is 5.73. The summed E-state index contributed by atoms with van der Waals surface area (Å²) in [6.07, 6.45) is 0.869. The second-order valence-corrected chi connectivity index (χ2v) is 4.24. The van der Waals surface area contributed by atoms with E-state index in [2.05, 4.69) is 27.2 Å². The molecule has 0 saturated carbocycles. The van der Waals surface area contributed by atoms with Crippen molar-refractivity contribution in [1.82, 2.24) is 5.16 Å². The second kappa shape index (κ2) is 3.71. The number of halogens is 1. The van der Waals surface area contributed by atoms with Crippen molar-refractivity contribution >= 4 is 26.9 Å². The van der Waals surface area contributed by atoms with Crippen molar-refractivity contribution in [3.8, 4) is 0 Å². The second-order valence-electron chi connectivity index (χ2n) is 3.49. The van der Waals surface area contributed by atoms with Gasteiger partial charge in [-0.15, -0.1) is 0 Å². The molecule has 1 aromatic heterocycles. The predicted molar refractivity (Wildman–Crippen MR) is 59.1 cm³/mol. The van der Waals surface area contributed by atoms with Crippen LogP contribution in [-0.4, -0.2) is 11.2 Å². The fraction of sp³-hybridized carbons (Fsp3) is 0.300. The molecule has 0 saturated heterocycles. The lowest BCUT2D eigenvalue weighted by Crippen LogP contribution is -2.17. The molecule has 0 aliphatic rings. The first-order valence-corrected chi connectivity index (χ1v) is 5.25. The summed E-state index contributed by atoms with van der Waals surface area (Å²) < 4.78 is 5.83. The van der Waals surface area contributed by atoms with Crippen molar-refractivity contribution in [2.45, 2.75) is 19.4 Å². The Morgan fingerprint density at radius 3 is 3.07 bits per heavy atom. The van der Waals surface area contributed by atoms with E-state index in [1.165, 1.54) is 5.56 Å². The minimum Gasteiger partial charge on any atom is -0.355 e. The molecule has 1 heterocycles. The Morgan fingerprint density at radius 1 is 1.57 bits per heavy atom. The van der Waals surface area contributed by atoms with Gasteiger partial charge in [-0.3, -0.25) is 0 Å². The molecule has 1 aromatic carbocycles. The summed E-state index contributed by atoms with van der Waals surface area (Å²) in [6, 6.07) is 6.17. The normalized spacial score (nSPS) is 13.4. The molecule has 0 amide bonds. The fourth-order valence-corrected chi connectivity index (χ4v) is 1.84. The van der Waals surface area contributed by atoms with E-state index in [0.29, 0.717) is 0 Å². The maximum atomic E-state index is 5.73. The molecule has 0 aliphatic heterocycles. The Labute approximate surface area is 90.4 Å². The molecule has 0 radical (unpaired) electrons. The van der Waals surface area contributed by atoms with Gasteiger partial charge >= 0.3 is 0 Å². The molecular formula is C10H11BrN2O. The molecule has 2 rings (SSSR count). The standard InChI is InChI=1S/C10H11BrN2O/c1-6(12)4-7-2-3-9-8(5-7)10(11)13-14-9/h2-3,5-6H,4,12H2,1H3. The third kappa shape index (κ3) is 1.81. The molecule has 2 N–H and O–H groups in total. The molecule has 0 aliphatic carbocycles. The number of hydrogen-bond donors (Lipinski definition) is 1. The molecule has 1 atom stereocenters. The zero-order chi connectivity index (χ0) is 10.1. The van der Waals surface area contributed by atoms with Crippen LogP contribution in [0.25, 0.3) is 11.0 Å². The molecular weight excluding hydrogens is 244 g/mol. The lowest BCUT2D eigenvalue weighted by atomic mass is 10.1. The van der Waals surface area contributed by atoms with Crippen molar-refractivity contribution in [1.29, 1.82) is 0 Å². The molecule has 0 spiro atoms. The van der Waals surface area contributed by atoms with Crippen molar-refractivity contribution in [3.05, 3.63) is 28.4 Å². The Bertz CT molecular complexity index is 450. The number of rotatable bonds is 2. The van der Waals surface area contributed by atoms with Gasteiger partial charge in [0, 0.05) is 6.04 Å². The molecule has 4 heteroatoms. The van der Waals surface area contributed by atoms with Crippen molar-refractivity contribution in [2.24, 2.45) is 5.73 Å². The van der Waals surface area contributed by atoms with E-state index in [9.17, 15) is 0 Å². The van der Waals surface area contributed by atoms with Crippen LogP contribution in [0, 0.1) is 0 Å². The van der Waals surface area contributed by atoms with Crippen LogP contribution in [0.5, 0.6) is 0 Å². The van der Waals surface area contributed by atoms with Crippen molar-refractivity contribution in [3.63, 3.8) is 0 Å². The van der Waals surface area contributed by atoms with Gasteiger partial charge in [-0.05, 0) is 47.0 Å². The van der Waals surface area contributed by atoms with Gasteiger partial charge in [-0.25, -0.2) is 0 Å². The summed E-state index contributed by atoms with van der Waals surface area (Å²) >= 11 is 3.33. The molecule has 74 valence electrons. The van der Waals surface area contributed by atoms with E-state index in [1.807, 2.05) is 19.1 Å². The summed E-state index contributed by atoms with van der Waals surface area (Å²) in [5.74, 6) is 0. The first-order chi connectivity index (χ1) is 6.66. The molecule has 14 heavy (non-hydrogen) atoms. The fourth-order valence-electron chi connectivity index (χ4n) is 1.46. The van der Waals surface area contributed by atoms with E-state index >= 15 is 0 Å². The SMILES string of the molecule is CC(N)Cc1ccc2onc(Br)c2c1. The summed E-state index contributed by atoms with van der Waals surface area (Å²) in [6.45, 7) is 1.99. The van der Waals surface area contributed by atoms with Gasteiger partial charge in [0.15, 0.2) is 10.2 Å². The highest BCUT2D eigenvalue weighted by molar-refractivity contribution is 9.10. The van der Waals surface area contributed by atoms with E-state index in [0.717, 1.165) is 22.0 Å². The summed E-state index contributed by atoms with van der Waals surface area (Å²) in [5.41, 5.74) is 7.73. The third-order valence-electron chi connectivity index (χ3n) is 2.05. The van der Waals surface area contributed by atoms with Crippen LogP contribution >= 0.6 is 15.9 Å². The van der Waals surface area contributed by atoms with Gasteiger partial charge in [0.2, 0.25) is 0 Å². The highest BCUT2D eigenvalue weighted by Gasteiger charge is 2.06. The van der Waals surface area contributed by atoms with E-state index in [-0.39, 0.29) is 6.04 Å². The van der Waals surface area contributed by atoms with Gasteiger partial charge in [0.05, 0.1) is 5.39 Å². The average molecular weight is 255 g/mol. The Hall–Kier alpha value is -0.870. The van der Waals surface area contributed by atoms with Crippen LogP contribution in [0.3, 0.4) is 0 Å². The highest BCUT2D eigenvalue weighted by Crippen LogP contribution is 2.24. The van der Waals surface area contributed by atoms with Crippen molar-refractivity contribution < 1.29 is 4.52 Å². The molecule has 2 aromatic rings. The molecule has 1 unspecified atom stereocenters. The number of benzene rings is 1. The van der Waals surface area contributed by atoms with Crippen LogP contribution in [0.1, 0.15) is 12.5 Å². The first-order valence-electron chi connectivity index (χ1n) is 4.46. The predicted octanol–water partition coefficient (Wildman–Crippen LogP) is 2.48. The summed E-state index contributed by atoms with van der Waals surface area (Å²) in [5, 5.41) is 4.83. The van der Waals surface area contributed by atoms with E-state index in [1.54, 1.807) is 0 Å². The van der Waals surface area contributed by atoms with Gasteiger partial charge in [0.25, 0.3) is 0 Å². The van der Waals surface area contributed by atoms with Crippen LogP contribution in [0.2, 0.25) is 0 Å². The third-order valence-corrected chi connectivity index (χ3v) is 2.62. The quantitative estimate of drug-likeness (QED) is 0.896. The summed E-state index contributed by atoms with van der Waals surface area (Å²) in [4.78, 5) is 0. The number of aromatic nitrogens is 1. The lowest BCUT2D eigenvalue weighted by Gasteiger charge is -2.04. The average Bonchev–Trinajstić information content (AvgIpc) is 2.47. The minimum atomic E-state index is 0.172. The highest BCUT2D eigenvalue weighted by atomic mass is 79.9. The Kier molecular flexibility index (Phi) is 2.56. The van der Waals surface area contributed by atoms with Gasteiger partial charge in [-0.1, -0.05) is 11.2 Å². The smallest absolute Gasteiger partial charge is 0.168 e. The first kappa shape index (κ1) is 9.68. The Balaban J connectivity index is 2.44. The monoisotopic (exact) mass is 254 g/mol. The number of hydrogen-bond acceptors (Lipinski definition) is 3. The molecule has 0 bridgehead atoms. The van der Waals surface area contributed by atoms with Gasteiger partial charge in [0.1, 0.15) is 0 Å². The zero-order valence-corrected chi connectivity index (χ0v) is 9.41. The van der Waals surface area contributed by atoms with Gasteiger partial charge < -0.3 is 10.3 Å². The van der Waals surface area contributed by atoms with Gasteiger partial charge in [-0.2, -0.15) is 0 Å². The minimum absolute atomic E-state index is 0.172. The lowest BCUT2D eigenvalue weighted by molar-refractivity contribution is 0.451. The van der Waals surface area contributed by atoms with Crippen LogP contribution in [-0.2, 0) is 6.42 Å². The zero-order valence-electron chi connectivity index (χ0n) is 7.83. The molecule has 0 fully saturated rings. The van der Waals surface area contributed by atoms with Crippen molar-refractivity contribution in [2.75, 3.05) is 0 Å². The number of nitrogens with zero attached hydrogens (tertiary/aromatic N) is 1. The summed E-state index contributed by atoms with van der Waals surface area (Å²) in [7, 11) is 0. The maximum Gasteiger partial charge on any atom is 0.168 e. The Morgan fingerprint density at radius 2 is 2.36 bits per heavy atom. The molecule has 3 nitrogen and oxygen atoms in total. The van der Waals surface area contributed by atoms with Crippen LogP contribution in [0.15, 0.2) is 27.3 Å². The largest absolute Gasteiger partial charge is 0.355 e. The van der Waals surface area contributed by atoms with Crippen LogP contribution < -0.4 is 5.73 Å². The number of nitrogens with two attached hydrogens (primary N) is 1. The van der Waals surface area contributed by atoms with Crippen LogP contribution in [0.4, 0.5) is 0 Å². The van der Waals surface area contributed by atoms with E-state index in [4.69, 9.17) is 10.3 Å².